The lowest BCUT2D eigenvalue weighted by atomic mass is 9.85. The molecule has 3 aromatic carbocycles. The number of ether oxygens (including phenoxy) is 1. The topological polar surface area (TPSA) is 84.0 Å². The maximum Gasteiger partial charge on any atom is 0.240 e. The van der Waals surface area contributed by atoms with Gasteiger partial charge in [-0.1, -0.05) is 60.1 Å². The van der Waals surface area contributed by atoms with Crippen molar-refractivity contribution in [2.24, 2.45) is 11.8 Å². The molecule has 7 nitrogen and oxygen atoms in total. The van der Waals surface area contributed by atoms with Crippen LogP contribution in [0.5, 0.6) is 5.75 Å². The normalized spacial score (nSPS) is 23.1. The van der Waals surface area contributed by atoms with Gasteiger partial charge >= 0.3 is 0 Å². The second-order valence-corrected chi connectivity index (χ2v) is 11.0. The van der Waals surface area contributed by atoms with Crippen LogP contribution in [0, 0.1) is 11.8 Å². The van der Waals surface area contributed by atoms with Crippen LogP contribution in [0.1, 0.15) is 20.7 Å². The average molecular weight is 618 g/mol. The molecule has 0 aromatic heterocycles. The number of hydrogen-bond donors (Lipinski definition) is 0. The third kappa shape index (κ3) is 4.10. The standard InChI is InChI=1S/C31H22BrClN2O5/c1-40-24-12-11-18(15-20(24)32)29(37)27-26-25(30(38)35(31(26)39)22-10-6-5-9-21(22)33)23-16-19(13-14-34(23)27)28(36)17-7-3-2-4-8-17/h2-16,23,25-27H,1H3/t23-,25-,26-,27+/m1/s1. The van der Waals surface area contributed by atoms with Crippen molar-refractivity contribution in [1.82, 2.24) is 4.90 Å². The summed E-state index contributed by atoms with van der Waals surface area (Å²) in [6.45, 7) is 0. The van der Waals surface area contributed by atoms with E-state index in [2.05, 4.69) is 15.9 Å². The van der Waals surface area contributed by atoms with Gasteiger partial charge < -0.3 is 9.64 Å². The molecule has 6 rings (SSSR count). The molecule has 3 aliphatic heterocycles. The Morgan fingerprint density at radius 2 is 1.60 bits per heavy atom. The number of amides is 2. The van der Waals surface area contributed by atoms with Gasteiger partial charge in [0.2, 0.25) is 11.8 Å². The van der Waals surface area contributed by atoms with Gasteiger partial charge in [-0.15, -0.1) is 0 Å². The van der Waals surface area contributed by atoms with E-state index in [0.717, 1.165) is 4.90 Å². The summed E-state index contributed by atoms with van der Waals surface area (Å²) in [6, 6.07) is 18.7. The van der Waals surface area contributed by atoms with Gasteiger partial charge in [0.1, 0.15) is 11.8 Å². The molecular weight excluding hydrogens is 596 g/mol. The summed E-state index contributed by atoms with van der Waals surface area (Å²) in [7, 11) is 1.53. The number of fused-ring (bicyclic) bond motifs is 3. The zero-order valence-corrected chi connectivity index (χ0v) is 23.5. The number of carbonyl (C=O) groups is 4. The summed E-state index contributed by atoms with van der Waals surface area (Å²) in [4.78, 5) is 58.1. The van der Waals surface area contributed by atoms with E-state index >= 15 is 0 Å². The number of allylic oxidation sites excluding steroid dienone is 2. The van der Waals surface area contributed by atoms with Crippen LogP contribution in [-0.2, 0) is 9.59 Å². The molecule has 0 radical (unpaired) electrons. The molecule has 0 aliphatic carbocycles. The van der Waals surface area contributed by atoms with Gasteiger partial charge in [0, 0.05) is 22.9 Å². The number of para-hydroxylation sites is 1. The molecule has 0 N–H and O–H groups in total. The van der Waals surface area contributed by atoms with E-state index in [1.54, 1.807) is 90.0 Å². The molecular formula is C31H22BrClN2O5. The molecule has 0 spiro atoms. The summed E-state index contributed by atoms with van der Waals surface area (Å²) in [5.41, 5.74) is 1.53. The van der Waals surface area contributed by atoms with Crippen molar-refractivity contribution in [3.8, 4) is 5.75 Å². The third-order valence-electron chi connectivity index (χ3n) is 7.64. The highest BCUT2D eigenvalue weighted by molar-refractivity contribution is 9.10. The number of anilines is 1. The van der Waals surface area contributed by atoms with E-state index in [1.165, 1.54) is 7.11 Å². The predicted octanol–water partition coefficient (Wildman–Crippen LogP) is 5.49. The Hall–Kier alpha value is -4.01. The van der Waals surface area contributed by atoms with Crippen LogP contribution in [0.3, 0.4) is 0 Å². The zero-order chi connectivity index (χ0) is 28.1. The van der Waals surface area contributed by atoms with Crippen LogP contribution in [0.4, 0.5) is 5.69 Å². The fourth-order valence-corrected chi connectivity index (χ4v) is 6.58. The minimum atomic E-state index is -0.978. The minimum absolute atomic E-state index is 0.207. The zero-order valence-electron chi connectivity index (χ0n) is 21.2. The molecule has 0 saturated carbocycles. The molecule has 3 aliphatic rings. The minimum Gasteiger partial charge on any atom is -0.496 e. The van der Waals surface area contributed by atoms with Crippen LogP contribution >= 0.6 is 27.5 Å². The number of nitrogens with zero attached hydrogens (tertiary/aromatic N) is 2. The first-order valence-corrected chi connectivity index (χ1v) is 13.8. The van der Waals surface area contributed by atoms with Crippen LogP contribution < -0.4 is 9.64 Å². The Morgan fingerprint density at radius 1 is 0.900 bits per heavy atom. The van der Waals surface area contributed by atoms with Crippen molar-refractivity contribution in [2.75, 3.05) is 12.0 Å². The van der Waals surface area contributed by atoms with Gasteiger partial charge in [-0.3, -0.25) is 19.2 Å². The Balaban J connectivity index is 1.44. The molecule has 0 unspecified atom stereocenters. The molecule has 2 saturated heterocycles. The maximum atomic E-state index is 14.1. The van der Waals surface area contributed by atoms with Gasteiger partial charge in [0.25, 0.3) is 0 Å². The lowest BCUT2D eigenvalue weighted by molar-refractivity contribution is -0.123. The lowest BCUT2D eigenvalue weighted by Crippen LogP contribution is -2.46. The van der Waals surface area contributed by atoms with E-state index < -0.39 is 35.7 Å². The van der Waals surface area contributed by atoms with E-state index in [0.29, 0.717) is 26.9 Å². The van der Waals surface area contributed by atoms with Gasteiger partial charge in [-0.05, 0) is 52.3 Å². The summed E-state index contributed by atoms with van der Waals surface area (Å²) in [5, 5.41) is 0.252. The number of imide groups is 1. The third-order valence-corrected chi connectivity index (χ3v) is 8.58. The molecule has 3 heterocycles. The summed E-state index contributed by atoms with van der Waals surface area (Å²) >= 11 is 9.82. The van der Waals surface area contributed by atoms with Crippen molar-refractivity contribution < 1.29 is 23.9 Å². The summed E-state index contributed by atoms with van der Waals surface area (Å²) in [6.07, 6.45) is 4.99. The molecule has 200 valence electrons. The van der Waals surface area contributed by atoms with Crippen molar-refractivity contribution in [1.29, 1.82) is 0 Å². The molecule has 2 amide bonds. The summed E-state index contributed by atoms with van der Waals surface area (Å²) < 4.78 is 5.89. The van der Waals surface area contributed by atoms with E-state index in [-0.39, 0.29) is 22.3 Å². The molecule has 9 heteroatoms. The molecule has 3 aromatic rings. The number of hydrogen-bond acceptors (Lipinski definition) is 6. The van der Waals surface area contributed by atoms with E-state index in [9.17, 15) is 19.2 Å². The van der Waals surface area contributed by atoms with Crippen molar-refractivity contribution >= 4 is 56.6 Å². The van der Waals surface area contributed by atoms with Crippen molar-refractivity contribution in [3.05, 3.63) is 117 Å². The monoisotopic (exact) mass is 616 g/mol. The first-order chi connectivity index (χ1) is 19.3. The highest BCUT2D eigenvalue weighted by Gasteiger charge is 2.63. The number of benzene rings is 3. The number of methoxy groups -OCH3 is 1. The van der Waals surface area contributed by atoms with Crippen LogP contribution in [0.2, 0.25) is 5.02 Å². The summed E-state index contributed by atoms with van der Waals surface area (Å²) in [5.74, 6) is -2.79. The Morgan fingerprint density at radius 3 is 2.30 bits per heavy atom. The Bertz CT molecular complexity index is 1640. The van der Waals surface area contributed by atoms with Crippen LogP contribution in [-0.4, -0.2) is 47.5 Å². The van der Waals surface area contributed by atoms with Gasteiger partial charge in [-0.25, -0.2) is 4.90 Å². The maximum absolute atomic E-state index is 14.1. The first kappa shape index (κ1) is 26.2. The number of carbonyl (C=O) groups excluding carboxylic acids is 4. The Labute approximate surface area is 243 Å². The smallest absolute Gasteiger partial charge is 0.240 e. The van der Waals surface area contributed by atoms with Crippen LogP contribution in [0.25, 0.3) is 0 Å². The largest absolute Gasteiger partial charge is 0.496 e. The van der Waals surface area contributed by atoms with Gasteiger partial charge in [-0.2, -0.15) is 0 Å². The Kier molecular flexibility index (Phi) is 6.68. The SMILES string of the molecule is COc1ccc(C(=O)[C@@H]2[C@@H]3C(=O)N(c4ccccc4Cl)C(=O)[C@@H]3[C@H]3C=C(C(=O)c4ccccc4)C=CN32)cc1Br. The second kappa shape index (κ2) is 10.2. The fourth-order valence-electron chi connectivity index (χ4n) is 5.81. The molecule has 2 fully saturated rings. The number of rotatable bonds is 6. The number of ketones is 2. The fraction of sp³-hybridized carbons (Fsp3) is 0.161. The first-order valence-electron chi connectivity index (χ1n) is 12.6. The average Bonchev–Trinajstić information content (AvgIpc) is 3.44. The lowest BCUT2D eigenvalue weighted by Gasteiger charge is -2.33. The number of halogens is 2. The van der Waals surface area contributed by atoms with E-state index in [1.807, 2.05) is 6.07 Å². The second-order valence-electron chi connectivity index (χ2n) is 9.74. The molecule has 0 bridgehead atoms. The van der Waals surface area contributed by atoms with E-state index in [4.69, 9.17) is 16.3 Å². The quantitative estimate of drug-likeness (QED) is 0.269. The van der Waals surface area contributed by atoms with Gasteiger partial charge in [0.15, 0.2) is 11.6 Å². The highest BCUT2D eigenvalue weighted by Crippen LogP contribution is 2.48. The van der Waals surface area contributed by atoms with Gasteiger partial charge in [0.05, 0.1) is 40.2 Å². The molecule has 4 atom stereocenters. The number of Topliss-reactive ketones (excluding diaryl/α,β-unsaturated/α-hetero) is 2. The predicted molar refractivity (Wildman–Crippen MR) is 153 cm³/mol. The van der Waals surface area contributed by atoms with Crippen molar-refractivity contribution in [2.45, 2.75) is 12.1 Å². The van der Waals surface area contributed by atoms with Crippen molar-refractivity contribution in [3.63, 3.8) is 0 Å². The highest BCUT2D eigenvalue weighted by atomic mass is 79.9. The molecule has 40 heavy (non-hydrogen) atoms. The van der Waals surface area contributed by atoms with Crippen LogP contribution in [0.15, 0.2) is 101 Å².